The van der Waals surface area contributed by atoms with Crippen molar-refractivity contribution in [3.8, 4) is 12.5 Å². The van der Waals surface area contributed by atoms with Gasteiger partial charge in [0.2, 0.25) is 0 Å². The first-order valence-electron chi connectivity index (χ1n) is 2.61. The molecule has 12 nitrogen and oxygen atoms in total. The van der Waals surface area contributed by atoms with Crippen LogP contribution in [0, 0.1) is 23.0 Å². The number of rotatable bonds is 0. The molecule has 0 fully saturated rings. The minimum absolute atomic E-state index is 0. The number of hydrogen-bond acceptors (Lipinski definition) is 8. The van der Waals surface area contributed by atoms with Crippen LogP contribution in [0.1, 0.15) is 0 Å². The molecule has 0 saturated heterocycles. The van der Waals surface area contributed by atoms with Crippen molar-refractivity contribution >= 4 is 24.3 Å². The van der Waals surface area contributed by atoms with E-state index in [9.17, 15) is 0 Å². The Hall–Kier alpha value is -2.38. The monoisotopic (exact) mass is 333 g/mol. The van der Waals surface area contributed by atoms with Crippen molar-refractivity contribution in [3.05, 3.63) is 21.6 Å². The van der Waals surface area contributed by atoms with Gasteiger partial charge in [-0.15, -0.1) is 0 Å². The summed E-state index contributed by atoms with van der Waals surface area (Å²) in [5.41, 5.74) is 0. The summed E-state index contributed by atoms with van der Waals surface area (Å²) in [5, 5.41) is 54.6. The zero-order valence-corrected chi connectivity index (χ0v) is 12.7. The molecule has 0 aliphatic rings. The van der Waals surface area contributed by atoms with Crippen molar-refractivity contribution in [1.29, 1.82) is 10.5 Å². The second-order valence-corrected chi connectivity index (χ2v) is 0.565. The van der Waals surface area contributed by atoms with Gasteiger partial charge >= 0.3 is 46.6 Å². The van der Waals surface area contributed by atoms with Crippen molar-refractivity contribution in [2.45, 2.75) is 0 Å². The van der Waals surface area contributed by atoms with E-state index in [1.54, 1.807) is 0 Å². The van der Waals surface area contributed by atoms with Gasteiger partial charge in [0.05, 0.1) is 0 Å². The van der Waals surface area contributed by atoms with E-state index in [4.69, 9.17) is 61.6 Å². The van der Waals surface area contributed by atoms with Crippen LogP contribution in [0.5, 0.6) is 0 Å². The Balaban J connectivity index is -0.0000000141. The Morgan fingerprint density at radius 1 is 0.650 bits per heavy atom. The number of isocyanates is 4. The summed E-state index contributed by atoms with van der Waals surface area (Å²) in [6.07, 6.45) is 3.50. The molecule has 0 saturated carbocycles. The molecular weight excluding hydrogens is 331 g/mol. The molecular formula is C6H2FeN6NaO6. The van der Waals surface area contributed by atoms with Gasteiger partial charge in [0, 0.05) is 0 Å². The number of aliphatic hydroxyl groups is 2. The van der Waals surface area contributed by atoms with Crippen molar-refractivity contribution in [3.63, 3.8) is 0 Å². The number of carbonyl (C=O) groups excluding carboxylic acids is 4. The quantitative estimate of drug-likeness (QED) is 0.192. The molecule has 0 unspecified atom stereocenters. The van der Waals surface area contributed by atoms with Gasteiger partial charge in [-0.1, -0.05) is 0 Å². The number of nitriles is 2. The van der Waals surface area contributed by atoms with Gasteiger partial charge in [0.15, 0.2) is 0 Å². The fourth-order valence-electron chi connectivity index (χ4n) is 0. The predicted octanol–water partition coefficient (Wildman–Crippen LogP) is -3.75. The van der Waals surface area contributed by atoms with Crippen molar-refractivity contribution < 1.29 is 76.0 Å². The fraction of sp³-hybridized carbons (Fsp3) is 0. The first-order chi connectivity index (χ1) is 8.49. The standard InChI is InChI=1S/2CHNO.4CNO.Fe.Na/c6*2-1-3;;/h2*3H;;;;;;/q;;4*-1;+3;+1. The molecule has 0 aromatic carbocycles. The largest absolute Gasteiger partial charge is 3.00 e. The zero-order chi connectivity index (χ0) is 16.2. The predicted molar refractivity (Wildman–Crippen MR) is 51.3 cm³/mol. The number of hydrogen-bond donors (Lipinski definition) is 2. The van der Waals surface area contributed by atoms with Crippen LogP contribution in [0.2, 0.25) is 0 Å². The molecule has 0 bridgehead atoms. The first-order valence-corrected chi connectivity index (χ1v) is 2.61. The SMILES string of the molecule is N#CO.N#CO.[Fe+3].[N-]=C=O.[N-]=C=O.[N-]=C=O.[N-]=C=O.[Na+]. The zero-order valence-electron chi connectivity index (χ0n) is 9.56. The maximum Gasteiger partial charge on any atom is 3.00 e. The molecule has 0 heterocycles. The molecule has 0 aromatic rings. The second kappa shape index (κ2) is 309. The average Bonchev–Trinajstić information content (AvgIpc) is 2.23. The van der Waals surface area contributed by atoms with Crippen LogP contribution in [-0.4, -0.2) is 34.5 Å². The van der Waals surface area contributed by atoms with Crippen LogP contribution in [-0.2, 0) is 36.2 Å². The minimum Gasteiger partial charge on any atom is -0.724 e. The van der Waals surface area contributed by atoms with E-state index in [0.29, 0.717) is 24.3 Å². The third-order valence-electron chi connectivity index (χ3n) is 0. The normalized spacial score (nSPS) is 2.30. The summed E-state index contributed by atoms with van der Waals surface area (Å²) in [6, 6.07) is 0. The first kappa shape index (κ1) is 52.6. The van der Waals surface area contributed by atoms with Crippen LogP contribution in [0.15, 0.2) is 0 Å². The molecule has 0 amide bonds. The van der Waals surface area contributed by atoms with Gasteiger partial charge in [-0.3, -0.25) is 19.2 Å². The van der Waals surface area contributed by atoms with Crippen molar-refractivity contribution in [2.24, 2.45) is 0 Å². The molecule has 0 atom stereocenters. The van der Waals surface area contributed by atoms with E-state index in [2.05, 4.69) is 0 Å². The second-order valence-electron chi connectivity index (χ2n) is 0.565. The van der Waals surface area contributed by atoms with E-state index >= 15 is 0 Å². The molecule has 2 N–H and O–H groups in total. The van der Waals surface area contributed by atoms with Crippen molar-refractivity contribution in [1.82, 2.24) is 0 Å². The molecule has 0 rings (SSSR count). The van der Waals surface area contributed by atoms with Gasteiger partial charge in [-0.25, -0.2) is 0 Å². The van der Waals surface area contributed by atoms with Crippen LogP contribution in [0.3, 0.4) is 0 Å². The molecule has 14 heteroatoms. The topological polar surface area (TPSA) is 246 Å². The Morgan fingerprint density at radius 3 is 0.650 bits per heavy atom. The molecule has 0 aromatic heterocycles. The van der Waals surface area contributed by atoms with Gasteiger partial charge in [-0.2, -0.15) is 10.5 Å². The molecule has 20 heavy (non-hydrogen) atoms. The van der Waals surface area contributed by atoms with Gasteiger partial charge in [0.25, 0.3) is 12.5 Å². The van der Waals surface area contributed by atoms with E-state index in [1.807, 2.05) is 0 Å². The van der Waals surface area contributed by atoms with Crippen LogP contribution in [0.4, 0.5) is 0 Å². The fourth-order valence-corrected chi connectivity index (χ4v) is 0. The average molecular weight is 333 g/mol. The maximum atomic E-state index is 8.24. The Kier molecular flexibility index (Phi) is 814. The van der Waals surface area contributed by atoms with E-state index in [1.165, 1.54) is 0 Å². The van der Waals surface area contributed by atoms with E-state index in [-0.39, 0.29) is 46.6 Å². The molecule has 0 aliphatic heterocycles. The third kappa shape index (κ3) is 589. The Bertz CT molecular complexity index is 293. The van der Waals surface area contributed by atoms with Crippen molar-refractivity contribution in [2.75, 3.05) is 0 Å². The Labute approximate surface area is 144 Å². The maximum absolute atomic E-state index is 8.24. The van der Waals surface area contributed by atoms with Crippen LogP contribution in [0.25, 0.3) is 21.6 Å². The van der Waals surface area contributed by atoms with Crippen LogP contribution >= 0.6 is 0 Å². The van der Waals surface area contributed by atoms with Gasteiger partial charge < -0.3 is 31.9 Å². The summed E-state index contributed by atoms with van der Waals surface area (Å²) < 4.78 is 0. The number of nitrogens with zero attached hydrogens (tertiary/aromatic N) is 6. The molecule has 1 radical (unpaired) electrons. The number of aliphatic hydroxyl groups excluding tert-OH is 2. The van der Waals surface area contributed by atoms with E-state index in [0.717, 1.165) is 12.5 Å². The van der Waals surface area contributed by atoms with Gasteiger partial charge in [0.1, 0.15) is 0 Å². The Morgan fingerprint density at radius 2 is 0.650 bits per heavy atom. The summed E-state index contributed by atoms with van der Waals surface area (Å²) >= 11 is 0. The molecule has 101 valence electrons. The van der Waals surface area contributed by atoms with Gasteiger partial charge in [-0.05, 0) is 24.3 Å². The summed E-state index contributed by atoms with van der Waals surface area (Å²) in [6.45, 7) is 0. The third-order valence-corrected chi connectivity index (χ3v) is 0. The summed E-state index contributed by atoms with van der Waals surface area (Å²) in [5.74, 6) is 0. The summed E-state index contributed by atoms with van der Waals surface area (Å²) in [4.78, 5) is 32.9. The van der Waals surface area contributed by atoms with Crippen LogP contribution < -0.4 is 29.6 Å². The smallest absolute Gasteiger partial charge is 0.724 e. The van der Waals surface area contributed by atoms with E-state index < -0.39 is 0 Å². The molecule has 0 aliphatic carbocycles. The summed E-state index contributed by atoms with van der Waals surface area (Å²) in [7, 11) is 0. The minimum atomic E-state index is 0. The molecule has 0 spiro atoms.